The van der Waals surface area contributed by atoms with Gasteiger partial charge in [-0.3, -0.25) is 4.79 Å². The zero-order valence-electron chi connectivity index (χ0n) is 10.0. The van der Waals surface area contributed by atoms with Gasteiger partial charge in [0.25, 0.3) is 0 Å². The van der Waals surface area contributed by atoms with Crippen molar-refractivity contribution in [1.82, 2.24) is 5.32 Å². The van der Waals surface area contributed by atoms with Crippen LogP contribution in [-0.4, -0.2) is 31.5 Å². The first-order valence-corrected chi connectivity index (χ1v) is 6.96. The van der Waals surface area contributed by atoms with Crippen molar-refractivity contribution in [2.45, 2.75) is 6.42 Å². The van der Waals surface area contributed by atoms with Crippen LogP contribution in [0, 0.1) is 0 Å². The Kier molecular flexibility index (Phi) is 6.90. The Balaban J connectivity index is 2.33. The number of hydrogen-bond donors (Lipinski definition) is 1. The van der Waals surface area contributed by atoms with Crippen LogP contribution in [0.4, 0.5) is 0 Å². The van der Waals surface area contributed by atoms with Gasteiger partial charge < -0.3 is 14.8 Å². The molecule has 0 saturated heterocycles. The van der Waals surface area contributed by atoms with Crippen molar-refractivity contribution in [3.63, 3.8) is 0 Å². The maximum Gasteiger partial charge on any atom is 0.220 e. The van der Waals surface area contributed by atoms with Gasteiger partial charge in [0.05, 0.1) is 18.7 Å². The van der Waals surface area contributed by atoms with Crippen LogP contribution in [-0.2, 0) is 4.79 Å². The highest BCUT2D eigenvalue weighted by Crippen LogP contribution is 2.28. The third kappa shape index (κ3) is 5.14. The van der Waals surface area contributed by atoms with Crippen molar-refractivity contribution in [3.8, 4) is 11.5 Å². The molecule has 0 heterocycles. The summed E-state index contributed by atoms with van der Waals surface area (Å²) in [5.41, 5.74) is 0. The van der Waals surface area contributed by atoms with Gasteiger partial charge >= 0.3 is 0 Å². The molecule has 100 valence electrons. The molecule has 0 atom stereocenters. The highest BCUT2D eigenvalue weighted by Gasteiger charge is 2.04. The summed E-state index contributed by atoms with van der Waals surface area (Å²) in [6.45, 7) is 0.828. The van der Waals surface area contributed by atoms with Crippen molar-refractivity contribution in [2.75, 3.05) is 25.6 Å². The maximum absolute atomic E-state index is 11.2. The Morgan fingerprint density at radius 1 is 1.50 bits per heavy atom. The van der Waals surface area contributed by atoms with Crippen molar-refractivity contribution >= 4 is 33.4 Å². The van der Waals surface area contributed by atoms with Crippen LogP contribution in [0.2, 0.25) is 5.02 Å². The molecule has 1 rings (SSSR count). The first-order chi connectivity index (χ1) is 8.67. The van der Waals surface area contributed by atoms with Gasteiger partial charge in [0.2, 0.25) is 5.91 Å². The van der Waals surface area contributed by atoms with Crippen molar-refractivity contribution in [2.24, 2.45) is 0 Å². The summed E-state index contributed by atoms with van der Waals surface area (Å²) >= 11 is 9.20. The van der Waals surface area contributed by atoms with Crippen LogP contribution in [0.15, 0.2) is 18.2 Å². The Bertz CT molecular complexity index is 401. The molecule has 1 aromatic rings. The Hall–Kier alpha value is -0.940. The van der Waals surface area contributed by atoms with E-state index in [4.69, 9.17) is 21.1 Å². The minimum absolute atomic E-state index is 0.00342. The SMILES string of the molecule is COc1ccc(OCCNC(=O)CCBr)c(Cl)c1. The zero-order valence-corrected chi connectivity index (χ0v) is 12.4. The van der Waals surface area contributed by atoms with Crippen LogP contribution in [0.25, 0.3) is 0 Å². The summed E-state index contributed by atoms with van der Waals surface area (Å²) in [4.78, 5) is 11.2. The van der Waals surface area contributed by atoms with Gasteiger partial charge in [-0.25, -0.2) is 0 Å². The molecule has 0 aliphatic heterocycles. The number of alkyl halides is 1. The number of amides is 1. The number of nitrogens with one attached hydrogen (secondary N) is 1. The minimum atomic E-state index is -0.00342. The summed E-state index contributed by atoms with van der Waals surface area (Å²) in [6, 6.07) is 5.19. The van der Waals surface area contributed by atoms with Crippen LogP contribution < -0.4 is 14.8 Å². The van der Waals surface area contributed by atoms with E-state index in [1.165, 1.54) is 0 Å². The highest BCUT2D eigenvalue weighted by atomic mass is 79.9. The van der Waals surface area contributed by atoms with E-state index in [0.29, 0.717) is 41.4 Å². The average molecular weight is 337 g/mol. The Morgan fingerprint density at radius 2 is 2.28 bits per heavy atom. The molecule has 6 heteroatoms. The van der Waals surface area contributed by atoms with E-state index in [1.54, 1.807) is 25.3 Å². The lowest BCUT2D eigenvalue weighted by Crippen LogP contribution is -2.28. The Morgan fingerprint density at radius 3 is 2.89 bits per heavy atom. The van der Waals surface area contributed by atoms with Crippen molar-refractivity contribution in [1.29, 1.82) is 0 Å². The quantitative estimate of drug-likeness (QED) is 0.615. The van der Waals surface area contributed by atoms with Gasteiger partial charge in [-0.15, -0.1) is 0 Å². The molecule has 0 unspecified atom stereocenters. The third-order valence-electron chi connectivity index (χ3n) is 2.14. The molecular formula is C12H15BrClNO3. The molecular weight excluding hydrogens is 321 g/mol. The number of carbonyl (C=O) groups excluding carboxylic acids is 1. The molecule has 1 aromatic carbocycles. The number of carbonyl (C=O) groups is 1. The van der Waals surface area contributed by atoms with E-state index < -0.39 is 0 Å². The van der Waals surface area contributed by atoms with Crippen LogP contribution in [0.5, 0.6) is 11.5 Å². The molecule has 0 aliphatic rings. The molecule has 1 N–H and O–H groups in total. The van der Waals surface area contributed by atoms with Crippen molar-refractivity contribution in [3.05, 3.63) is 23.2 Å². The number of rotatable bonds is 7. The first kappa shape index (κ1) is 15.1. The van der Waals surface area contributed by atoms with E-state index >= 15 is 0 Å². The smallest absolute Gasteiger partial charge is 0.220 e. The summed E-state index contributed by atoms with van der Waals surface area (Å²) < 4.78 is 10.5. The fraction of sp³-hybridized carbons (Fsp3) is 0.417. The summed E-state index contributed by atoms with van der Waals surface area (Å²) in [7, 11) is 1.57. The second-order valence-corrected chi connectivity index (χ2v) is 4.63. The minimum Gasteiger partial charge on any atom is -0.497 e. The van der Waals surface area contributed by atoms with Gasteiger partial charge in [0, 0.05) is 17.8 Å². The molecule has 1 amide bonds. The van der Waals surface area contributed by atoms with E-state index in [-0.39, 0.29) is 5.91 Å². The number of methoxy groups -OCH3 is 1. The van der Waals surface area contributed by atoms with Gasteiger partial charge in [-0.05, 0) is 12.1 Å². The molecule has 0 fully saturated rings. The van der Waals surface area contributed by atoms with Crippen LogP contribution in [0.1, 0.15) is 6.42 Å². The second kappa shape index (κ2) is 8.21. The lowest BCUT2D eigenvalue weighted by Gasteiger charge is -2.09. The monoisotopic (exact) mass is 335 g/mol. The van der Waals surface area contributed by atoms with Gasteiger partial charge in [-0.2, -0.15) is 0 Å². The van der Waals surface area contributed by atoms with Crippen LogP contribution in [0.3, 0.4) is 0 Å². The third-order valence-corrected chi connectivity index (χ3v) is 2.83. The molecule has 0 spiro atoms. The van der Waals surface area contributed by atoms with E-state index in [9.17, 15) is 4.79 Å². The highest BCUT2D eigenvalue weighted by molar-refractivity contribution is 9.09. The number of halogens is 2. The standard InChI is InChI=1S/C12H15BrClNO3/c1-17-9-2-3-11(10(14)8-9)18-7-6-15-12(16)4-5-13/h2-3,8H,4-7H2,1H3,(H,15,16). The second-order valence-electron chi connectivity index (χ2n) is 3.43. The molecule has 0 saturated carbocycles. The van der Waals surface area contributed by atoms with Gasteiger partial charge in [0.1, 0.15) is 18.1 Å². The molecule has 4 nitrogen and oxygen atoms in total. The van der Waals surface area contributed by atoms with Gasteiger partial charge in [0.15, 0.2) is 0 Å². The van der Waals surface area contributed by atoms with Gasteiger partial charge in [-0.1, -0.05) is 27.5 Å². The topological polar surface area (TPSA) is 47.6 Å². The summed E-state index contributed by atoms with van der Waals surface area (Å²) in [6.07, 6.45) is 0.462. The van der Waals surface area contributed by atoms with Crippen molar-refractivity contribution < 1.29 is 14.3 Å². The molecule has 0 bridgehead atoms. The Labute approximate surface area is 120 Å². The summed E-state index contributed by atoms with van der Waals surface area (Å²) in [5, 5.41) is 3.88. The lowest BCUT2D eigenvalue weighted by molar-refractivity contribution is -0.120. The molecule has 0 radical (unpaired) electrons. The zero-order chi connectivity index (χ0) is 13.4. The predicted octanol–water partition coefficient (Wildman–Crippen LogP) is 2.63. The van der Waals surface area contributed by atoms with Crippen LogP contribution >= 0.6 is 27.5 Å². The predicted molar refractivity (Wildman–Crippen MR) is 74.9 cm³/mol. The fourth-order valence-corrected chi connectivity index (χ4v) is 1.84. The number of hydrogen-bond acceptors (Lipinski definition) is 3. The normalized spacial score (nSPS) is 9.94. The maximum atomic E-state index is 11.2. The van der Waals surface area contributed by atoms with E-state index in [1.807, 2.05) is 0 Å². The summed E-state index contributed by atoms with van der Waals surface area (Å²) in [5.74, 6) is 1.25. The first-order valence-electron chi connectivity index (χ1n) is 5.46. The fourth-order valence-electron chi connectivity index (χ4n) is 1.25. The average Bonchev–Trinajstić information content (AvgIpc) is 2.36. The number of ether oxygens (including phenoxy) is 2. The lowest BCUT2D eigenvalue weighted by atomic mass is 10.3. The number of benzene rings is 1. The molecule has 0 aromatic heterocycles. The largest absolute Gasteiger partial charge is 0.497 e. The molecule has 18 heavy (non-hydrogen) atoms. The van der Waals surface area contributed by atoms with E-state index in [2.05, 4.69) is 21.2 Å². The van der Waals surface area contributed by atoms with E-state index in [0.717, 1.165) is 0 Å². The molecule has 0 aliphatic carbocycles.